The smallest absolute Gasteiger partial charge is 0.303 e. The molecule has 9 heteroatoms. The number of anilines is 1. The molecule has 0 radical (unpaired) electrons. The lowest BCUT2D eigenvalue weighted by Gasteiger charge is -2.63. The molecule has 1 heterocycles. The van der Waals surface area contributed by atoms with Gasteiger partial charge in [-0.3, -0.25) is 14.4 Å². The van der Waals surface area contributed by atoms with Gasteiger partial charge >= 0.3 is 5.97 Å². The summed E-state index contributed by atoms with van der Waals surface area (Å²) in [6.45, 7) is 5.18. The van der Waals surface area contributed by atoms with E-state index >= 15 is 8.78 Å². The van der Waals surface area contributed by atoms with Gasteiger partial charge in [-0.1, -0.05) is 13.0 Å². The van der Waals surface area contributed by atoms with Crippen LogP contribution in [0.2, 0.25) is 0 Å². The molecule has 9 atom stereocenters. The van der Waals surface area contributed by atoms with Crippen LogP contribution in [0.3, 0.4) is 0 Å². The molecule has 220 valence electrons. The summed E-state index contributed by atoms with van der Waals surface area (Å²) >= 11 is 0. The van der Waals surface area contributed by atoms with Gasteiger partial charge in [0.05, 0.1) is 18.6 Å². The van der Waals surface area contributed by atoms with Crippen molar-refractivity contribution >= 4 is 23.2 Å². The minimum absolute atomic E-state index is 0.00889. The summed E-state index contributed by atoms with van der Waals surface area (Å²) in [5.74, 6) is -1.99. The number of methoxy groups -OCH3 is 1. The quantitative estimate of drug-likeness (QED) is 0.532. The Morgan fingerprint density at radius 3 is 2.51 bits per heavy atom. The van der Waals surface area contributed by atoms with Crippen LogP contribution in [0.4, 0.5) is 14.5 Å². The number of halogens is 2. The van der Waals surface area contributed by atoms with Crippen LogP contribution < -0.4 is 9.64 Å². The van der Waals surface area contributed by atoms with Crippen LogP contribution >= 0.6 is 0 Å². The topological polar surface area (TPSA) is 93.1 Å². The summed E-state index contributed by atoms with van der Waals surface area (Å²) in [4.78, 5) is 40.2. The van der Waals surface area contributed by atoms with Gasteiger partial charge in [0.15, 0.2) is 23.8 Å². The third-order valence-electron chi connectivity index (χ3n) is 11.5. The van der Waals surface area contributed by atoms with Crippen LogP contribution in [0.1, 0.15) is 40.0 Å². The Hall–Kier alpha value is -3.07. The summed E-state index contributed by atoms with van der Waals surface area (Å²) in [7, 11) is 1.59. The van der Waals surface area contributed by atoms with Crippen molar-refractivity contribution in [3.05, 3.63) is 48.1 Å². The lowest BCUT2D eigenvalue weighted by atomic mass is 9.43. The molecule has 4 aliphatic carbocycles. The normalized spacial score (nSPS) is 42.5. The number of allylic oxidation sites excluding steroid dienone is 4. The zero-order valence-corrected chi connectivity index (χ0v) is 23.9. The van der Waals surface area contributed by atoms with E-state index in [0.717, 1.165) is 5.69 Å². The van der Waals surface area contributed by atoms with E-state index in [0.29, 0.717) is 25.3 Å². The van der Waals surface area contributed by atoms with Crippen LogP contribution in [-0.2, 0) is 19.1 Å². The minimum Gasteiger partial charge on any atom is -0.497 e. The molecule has 0 unspecified atom stereocenters. The number of carbonyl (C=O) groups is 3. The summed E-state index contributed by atoms with van der Waals surface area (Å²) in [5.41, 5.74) is -4.64. The Morgan fingerprint density at radius 1 is 1.15 bits per heavy atom. The fraction of sp³-hybridized carbons (Fsp3) is 0.594. The number of hydrogen-bond donors (Lipinski definition) is 1. The highest BCUT2D eigenvalue weighted by atomic mass is 19.1. The number of aliphatic hydroxyl groups excluding tert-OH is 1. The van der Waals surface area contributed by atoms with Crippen molar-refractivity contribution in [1.29, 1.82) is 0 Å². The number of ether oxygens (including phenoxy) is 2. The van der Waals surface area contributed by atoms with Gasteiger partial charge in [-0.2, -0.15) is 0 Å². The van der Waals surface area contributed by atoms with Crippen molar-refractivity contribution in [3.8, 4) is 5.75 Å². The molecule has 41 heavy (non-hydrogen) atoms. The molecule has 4 fully saturated rings. The molecular weight excluding hydrogens is 532 g/mol. The second-order valence-corrected chi connectivity index (χ2v) is 13.0. The van der Waals surface area contributed by atoms with Gasteiger partial charge < -0.3 is 19.5 Å². The Kier molecular flexibility index (Phi) is 6.31. The first-order valence-electron chi connectivity index (χ1n) is 14.3. The van der Waals surface area contributed by atoms with Crippen molar-refractivity contribution in [3.63, 3.8) is 0 Å². The zero-order valence-electron chi connectivity index (χ0n) is 23.9. The van der Waals surface area contributed by atoms with Crippen LogP contribution in [0.15, 0.2) is 48.1 Å². The molecule has 0 bridgehead atoms. The number of hydrogen-bond acceptors (Lipinski definition) is 7. The largest absolute Gasteiger partial charge is 0.497 e. The van der Waals surface area contributed by atoms with E-state index in [1.807, 2.05) is 31.2 Å². The highest BCUT2D eigenvalue weighted by Crippen LogP contribution is 2.74. The highest BCUT2D eigenvalue weighted by Gasteiger charge is 2.78. The third-order valence-corrected chi connectivity index (χ3v) is 11.5. The molecule has 1 aliphatic heterocycles. The minimum atomic E-state index is -2.21. The first-order chi connectivity index (χ1) is 19.3. The van der Waals surface area contributed by atoms with E-state index in [4.69, 9.17) is 9.47 Å². The average molecular weight is 570 g/mol. The molecule has 7 nitrogen and oxygen atoms in total. The maximum absolute atomic E-state index is 17.6. The van der Waals surface area contributed by atoms with Gasteiger partial charge in [0.1, 0.15) is 11.9 Å². The zero-order chi connectivity index (χ0) is 29.5. The number of nitrogens with zero attached hydrogens (tertiary/aromatic N) is 1. The molecule has 0 amide bonds. The fourth-order valence-corrected chi connectivity index (χ4v) is 9.57. The van der Waals surface area contributed by atoms with Crippen LogP contribution in [0.5, 0.6) is 5.75 Å². The SMILES string of the molecule is COc1ccc(N2C[C@@H]3C[C@H]4[C@@H]5C[C@H](F)C6=CC(=O)C=C[C@]6(C)[C@@]5(F)[C@@H](O)C[C@]4(C)[C@]3(C(=O)COC(C)=O)C2)cc1. The molecule has 1 saturated heterocycles. The number of esters is 1. The van der Waals surface area contributed by atoms with Crippen molar-refractivity contribution in [2.45, 2.75) is 58.0 Å². The fourth-order valence-electron chi connectivity index (χ4n) is 9.57. The van der Waals surface area contributed by atoms with E-state index in [-0.39, 0.29) is 35.9 Å². The maximum atomic E-state index is 17.6. The number of benzene rings is 1. The predicted octanol–water partition coefficient (Wildman–Crippen LogP) is 4.18. The molecule has 0 aromatic heterocycles. The Morgan fingerprint density at radius 2 is 1.85 bits per heavy atom. The number of carbonyl (C=O) groups excluding carboxylic acids is 3. The average Bonchev–Trinajstić information content (AvgIpc) is 3.43. The predicted molar refractivity (Wildman–Crippen MR) is 147 cm³/mol. The lowest BCUT2D eigenvalue weighted by Crippen LogP contribution is -2.69. The van der Waals surface area contributed by atoms with Gasteiger partial charge in [-0.05, 0) is 85.4 Å². The van der Waals surface area contributed by atoms with E-state index in [1.165, 1.54) is 25.2 Å². The summed E-state index contributed by atoms with van der Waals surface area (Å²) in [6.07, 6.45) is 1.13. The van der Waals surface area contributed by atoms with Crippen molar-refractivity contribution in [2.75, 3.05) is 31.7 Å². The first-order valence-corrected chi connectivity index (χ1v) is 14.3. The summed E-state index contributed by atoms with van der Waals surface area (Å²) in [6, 6.07) is 7.54. The number of alkyl halides is 2. The Bertz CT molecular complexity index is 1360. The van der Waals surface area contributed by atoms with E-state index < -0.39 is 58.6 Å². The number of ketones is 2. The molecular formula is C32H37F2NO6. The van der Waals surface area contributed by atoms with Crippen LogP contribution in [0.25, 0.3) is 0 Å². The molecule has 1 aromatic carbocycles. The van der Waals surface area contributed by atoms with Gasteiger partial charge in [-0.25, -0.2) is 8.78 Å². The standard InChI is InChI=1S/C32H37F2NO6/c1-18(36)41-16-28(39)31-17-35(20-5-7-22(40-4)8-6-20)15-19(31)11-23-24-13-26(33)25-12-21(37)9-10-29(25,2)32(24,34)27(38)14-30(23,31)3/h5-10,12,19,23-24,26-27,38H,11,13-17H2,1-4H3/t19-,23-,24-,26-,27-,29-,30-,31+,32-/m0/s1. The number of rotatable bonds is 5. The monoisotopic (exact) mass is 569 g/mol. The number of aliphatic hydroxyl groups is 1. The third kappa shape index (κ3) is 3.60. The molecule has 5 aliphatic rings. The molecule has 0 spiro atoms. The second kappa shape index (κ2) is 9.21. The van der Waals surface area contributed by atoms with Crippen molar-refractivity contribution in [2.24, 2.45) is 34.0 Å². The first kappa shape index (κ1) is 28.1. The summed E-state index contributed by atoms with van der Waals surface area (Å²) in [5, 5.41) is 11.7. The van der Waals surface area contributed by atoms with Gasteiger partial charge in [0.25, 0.3) is 0 Å². The highest BCUT2D eigenvalue weighted by molar-refractivity contribution is 6.01. The van der Waals surface area contributed by atoms with Crippen molar-refractivity contribution in [1.82, 2.24) is 0 Å². The molecule has 1 N–H and O–H groups in total. The number of fused-ring (bicyclic) bond motifs is 7. The van der Waals surface area contributed by atoms with E-state index in [2.05, 4.69) is 4.90 Å². The van der Waals surface area contributed by atoms with Gasteiger partial charge in [0.2, 0.25) is 0 Å². The summed E-state index contributed by atoms with van der Waals surface area (Å²) < 4.78 is 44.0. The van der Waals surface area contributed by atoms with Crippen LogP contribution in [0, 0.1) is 34.0 Å². The van der Waals surface area contributed by atoms with Crippen LogP contribution in [-0.4, -0.2) is 67.4 Å². The maximum Gasteiger partial charge on any atom is 0.303 e. The molecule has 1 aromatic rings. The lowest BCUT2D eigenvalue weighted by molar-refractivity contribution is -0.211. The Labute approximate surface area is 238 Å². The molecule has 3 saturated carbocycles. The van der Waals surface area contributed by atoms with Crippen molar-refractivity contribution < 1.29 is 37.7 Å². The van der Waals surface area contributed by atoms with Gasteiger partial charge in [0, 0.05) is 37.0 Å². The van der Waals surface area contributed by atoms with E-state index in [1.54, 1.807) is 14.0 Å². The molecule has 6 rings (SSSR count). The number of Topliss-reactive ketones (excluding diaryl/α,β-unsaturated/α-hetero) is 1. The second-order valence-electron chi connectivity index (χ2n) is 13.0. The van der Waals surface area contributed by atoms with E-state index in [9.17, 15) is 19.5 Å². The Balaban J connectivity index is 1.43. The van der Waals surface area contributed by atoms with Gasteiger partial charge in [-0.15, -0.1) is 0 Å².